The predicted molar refractivity (Wildman–Crippen MR) is 81.0 cm³/mol. The van der Waals surface area contributed by atoms with Crippen molar-refractivity contribution >= 4 is 17.1 Å². The number of fused-ring (bicyclic) bond motifs is 1. The van der Waals surface area contributed by atoms with E-state index in [-0.39, 0.29) is 17.6 Å². The van der Waals surface area contributed by atoms with Crippen LogP contribution in [0.1, 0.15) is 29.4 Å². The fourth-order valence-corrected chi connectivity index (χ4v) is 3.12. The van der Waals surface area contributed by atoms with Crippen LogP contribution in [0.3, 0.4) is 0 Å². The Balaban J connectivity index is 1.65. The number of hydrogen-bond donors (Lipinski definition) is 1. The number of hydrogen-bond acceptors (Lipinski definition) is 5. The highest BCUT2D eigenvalue weighted by Crippen LogP contribution is 2.24. The van der Waals surface area contributed by atoms with Gasteiger partial charge in [-0.2, -0.15) is 0 Å². The van der Waals surface area contributed by atoms with Crippen LogP contribution < -0.4 is 5.69 Å². The number of aromatic amines is 1. The van der Waals surface area contributed by atoms with Crippen molar-refractivity contribution in [3.63, 3.8) is 0 Å². The molecule has 0 aliphatic carbocycles. The zero-order chi connectivity index (χ0) is 15.8. The minimum absolute atomic E-state index is 0.112. The third-order valence-electron chi connectivity index (χ3n) is 4.16. The predicted octanol–water partition coefficient (Wildman–Crippen LogP) is 1.19. The van der Waals surface area contributed by atoms with Crippen LogP contribution in [0.5, 0.6) is 0 Å². The summed E-state index contributed by atoms with van der Waals surface area (Å²) in [6, 6.07) is 3.23. The molecule has 1 N–H and O–H groups in total. The lowest BCUT2D eigenvalue weighted by Crippen LogP contribution is -2.42. The van der Waals surface area contributed by atoms with Crippen LogP contribution in [-0.2, 0) is 0 Å². The summed E-state index contributed by atoms with van der Waals surface area (Å²) >= 11 is 0. The first-order valence-electron chi connectivity index (χ1n) is 7.47. The first kappa shape index (κ1) is 13.7. The van der Waals surface area contributed by atoms with Crippen molar-refractivity contribution < 1.29 is 9.21 Å². The van der Waals surface area contributed by atoms with Crippen LogP contribution in [-0.4, -0.2) is 43.4 Å². The van der Waals surface area contributed by atoms with Crippen molar-refractivity contribution in [3.05, 3.63) is 47.2 Å². The SMILES string of the molecule is O=C(c1ccco1)N1CCCC(n2c(=O)[nH]c3cncnc32)C1. The zero-order valence-corrected chi connectivity index (χ0v) is 12.3. The summed E-state index contributed by atoms with van der Waals surface area (Å²) in [7, 11) is 0. The molecule has 1 saturated heterocycles. The minimum atomic E-state index is -0.224. The van der Waals surface area contributed by atoms with Crippen LogP contribution in [0.2, 0.25) is 0 Å². The van der Waals surface area contributed by atoms with Gasteiger partial charge in [0.1, 0.15) is 11.8 Å². The normalized spacial score (nSPS) is 18.4. The molecule has 3 aromatic heterocycles. The van der Waals surface area contributed by atoms with Crippen LogP contribution in [0.25, 0.3) is 11.2 Å². The standard InChI is InChI=1S/C15H15N5O3/c21-14(12-4-2-6-23-12)19-5-1-3-10(8-19)20-13-11(18-15(20)22)7-16-9-17-13/h2,4,6-7,9-10H,1,3,5,8H2,(H,18,22). The van der Waals surface area contributed by atoms with E-state index in [0.29, 0.717) is 30.0 Å². The molecule has 1 atom stereocenters. The highest BCUT2D eigenvalue weighted by atomic mass is 16.3. The van der Waals surface area contributed by atoms with Crippen molar-refractivity contribution in [2.75, 3.05) is 13.1 Å². The molecule has 23 heavy (non-hydrogen) atoms. The second-order valence-electron chi connectivity index (χ2n) is 5.58. The molecule has 0 spiro atoms. The van der Waals surface area contributed by atoms with Gasteiger partial charge in [0, 0.05) is 13.1 Å². The summed E-state index contributed by atoms with van der Waals surface area (Å²) in [6.07, 6.45) is 6.12. The van der Waals surface area contributed by atoms with Gasteiger partial charge in [-0.15, -0.1) is 0 Å². The molecule has 0 bridgehead atoms. The maximum Gasteiger partial charge on any atom is 0.328 e. The zero-order valence-electron chi connectivity index (χ0n) is 12.3. The number of likely N-dealkylation sites (tertiary alicyclic amines) is 1. The van der Waals surface area contributed by atoms with Gasteiger partial charge in [0.25, 0.3) is 5.91 Å². The third-order valence-corrected chi connectivity index (χ3v) is 4.16. The number of carbonyl (C=O) groups is 1. The minimum Gasteiger partial charge on any atom is -0.459 e. The molecule has 3 aromatic rings. The van der Waals surface area contributed by atoms with Gasteiger partial charge in [-0.1, -0.05) is 0 Å². The van der Waals surface area contributed by atoms with Gasteiger partial charge in [-0.05, 0) is 25.0 Å². The molecule has 1 amide bonds. The molecular weight excluding hydrogens is 298 g/mol. The van der Waals surface area contributed by atoms with E-state index >= 15 is 0 Å². The number of H-pyrrole nitrogens is 1. The highest BCUT2D eigenvalue weighted by Gasteiger charge is 2.28. The second-order valence-corrected chi connectivity index (χ2v) is 5.58. The van der Waals surface area contributed by atoms with E-state index in [9.17, 15) is 9.59 Å². The Hall–Kier alpha value is -2.90. The summed E-state index contributed by atoms with van der Waals surface area (Å²) < 4.78 is 6.81. The first-order chi connectivity index (χ1) is 11.2. The van der Waals surface area contributed by atoms with Crippen molar-refractivity contribution in [1.29, 1.82) is 0 Å². The lowest BCUT2D eigenvalue weighted by molar-refractivity contribution is 0.0647. The number of nitrogens with zero attached hydrogens (tertiary/aromatic N) is 4. The number of rotatable bonds is 2. The van der Waals surface area contributed by atoms with Crippen molar-refractivity contribution in [2.45, 2.75) is 18.9 Å². The Kier molecular flexibility index (Phi) is 3.22. The Bertz CT molecular complexity index is 895. The summed E-state index contributed by atoms with van der Waals surface area (Å²) in [5, 5.41) is 0. The van der Waals surface area contributed by atoms with Gasteiger partial charge in [0.2, 0.25) is 0 Å². The Labute approximate surface area is 130 Å². The summed E-state index contributed by atoms with van der Waals surface area (Å²) in [6.45, 7) is 1.11. The average molecular weight is 313 g/mol. The number of carbonyl (C=O) groups excluding carboxylic acids is 1. The van der Waals surface area contributed by atoms with E-state index in [1.165, 1.54) is 12.6 Å². The number of amides is 1. The van der Waals surface area contributed by atoms with Crippen LogP contribution in [0.4, 0.5) is 0 Å². The maximum atomic E-state index is 12.4. The van der Waals surface area contributed by atoms with Gasteiger partial charge < -0.3 is 14.3 Å². The van der Waals surface area contributed by atoms with E-state index in [1.54, 1.807) is 27.8 Å². The fraction of sp³-hybridized carbons (Fsp3) is 0.333. The number of aromatic nitrogens is 4. The number of imidazole rings is 1. The van der Waals surface area contributed by atoms with E-state index in [0.717, 1.165) is 12.8 Å². The van der Waals surface area contributed by atoms with Crippen molar-refractivity contribution in [3.8, 4) is 0 Å². The highest BCUT2D eigenvalue weighted by molar-refractivity contribution is 5.91. The van der Waals surface area contributed by atoms with Gasteiger partial charge in [0.05, 0.1) is 18.5 Å². The molecule has 1 unspecified atom stereocenters. The van der Waals surface area contributed by atoms with E-state index in [2.05, 4.69) is 15.0 Å². The number of piperidine rings is 1. The molecular formula is C15H15N5O3. The number of furan rings is 1. The molecule has 1 fully saturated rings. The third kappa shape index (κ3) is 2.32. The summed E-state index contributed by atoms with van der Waals surface area (Å²) in [4.78, 5) is 37.3. The van der Waals surface area contributed by atoms with Crippen molar-refractivity contribution in [2.24, 2.45) is 0 Å². The molecule has 4 heterocycles. The van der Waals surface area contributed by atoms with Gasteiger partial charge >= 0.3 is 5.69 Å². The molecule has 8 heteroatoms. The molecule has 118 valence electrons. The van der Waals surface area contributed by atoms with Gasteiger partial charge in [-0.25, -0.2) is 14.8 Å². The van der Waals surface area contributed by atoms with Gasteiger partial charge in [0.15, 0.2) is 11.4 Å². The summed E-state index contributed by atoms with van der Waals surface area (Å²) in [5.74, 6) is 0.168. The largest absolute Gasteiger partial charge is 0.459 e. The topological polar surface area (TPSA) is 97.0 Å². The van der Waals surface area contributed by atoms with E-state index < -0.39 is 0 Å². The average Bonchev–Trinajstić information content (AvgIpc) is 3.21. The monoisotopic (exact) mass is 313 g/mol. The smallest absolute Gasteiger partial charge is 0.328 e. The molecule has 8 nitrogen and oxygen atoms in total. The molecule has 1 aliphatic rings. The molecule has 0 saturated carbocycles. The Morgan fingerprint density at radius 3 is 3.17 bits per heavy atom. The number of nitrogens with one attached hydrogen (secondary N) is 1. The maximum absolute atomic E-state index is 12.4. The quantitative estimate of drug-likeness (QED) is 0.766. The summed E-state index contributed by atoms with van der Waals surface area (Å²) in [5.41, 5.74) is 0.951. The van der Waals surface area contributed by atoms with E-state index in [1.807, 2.05) is 0 Å². The van der Waals surface area contributed by atoms with Crippen LogP contribution in [0, 0.1) is 0 Å². The lowest BCUT2D eigenvalue weighted by Gasteiger charge is -2.32. The van der Waals surface area contributed by atoms with E-state index in [4.69, 9.17) is 4.42 Å². The molecule has 1 aliphatic heterocycles. The van der Waals surface area contributed by atoms with Crippen molar-refractivity contribution in [1.82, 2.24) is 24.4 Å². The molecule has 0 aromatic carbocycles. The first-order valence-corrected chi connectivity index (χ1v) is 7.47. The lowest BCUT2D eigenvalue weighted by atomic mass is 10.1. The van der Waals surface area contributed by atoms with Gasteiger partial charge in [-0.3, -0.25) is 9.36 Å². The molecule has 0 radical (unpaired) electrons. The fourth-order valence-electron chi connectivity index (χ4n) is 3.12. The Morgan fingerprint density at radius 1 is 1.43 bits per heavy atom. The van der Waals surface area contributed by atoms with Crippen LogP contribution in [0.15, 0.2) is 40.1 Å². The second kappa shape index (κ2) is 5.38. The van der Waals surface area contributed by atoms with Crippen LogP contribution >= 0.6 is 0 Å². The Morgan fingerprint density at radius 2 is 2.35 bits per heavy atom. The molecule has 4 rings (SSSR count).